The van der Waals surface area contributed by atoms with Crippen LogP contribution in [0.15, 0.2) is 36.5 Å². The first-order valence-corrected chi connectivity index (χ1v) is 6.70. The Morgan fingerprint density at radius 3 is 2.85 bits per heavy atom. The molecular weight excluding hydrogens is 252 g/mol. The molecule has 1 fully saturated rings. The zero-order chi connectivity index (χ0) is 14.0. The van der Waals surface area contributed by atoms with Gasteiger partial charge in [0.05, 0.1) is 29.2 Å². The molecule has 1 aliphatic rings. The summed E-state index contributed by atoms with van der Waals surface area (Å²) >= 11 is 0. The maximum Gasteiger partial charge on any atom is 0.150 e. The first kappa shape index (κ1) is 12.9. The Balaban J connectivity index is 1.91. The Morgan fingerprint density at radius 1 is 1.25 bits per heavy atom. The van der Waals surface area contributed by atoms with Crippen LogP contribution in [0.4, 0.5) is 11.5 Å². The van der Waals surface area contributed by atoms with Crippen LogP contribution in [0.3, 0.4) is 0 Å². The van der Waals surface area contributed by atoms with Crippen molar-refractivity contribution < 1.29 is 4.74 Å². The number of anilines is 2. The Labute approximate surface area is 118 Å². The molecule has 0 saturated carbocycles. The lowest BCUT2D eigenvalue weighted by molar-refractivity contribution is 0.185. The van der Waals surface area contributed by atoms with Gasteiger partial charge in [0.1, 0.15) is 5.82 Å². The van der Waals surface area contributed by atoms with Gasteiger partial charge < -0.3 is 15.8 Å². The van der Waals surface area contributed by atoms with Crippen LogP contribution in [0.2, 0.25) is 0 Å². The van der Waals surface area contributed by atoms with Crippen LogP contribution in [-0.2, 0) is 4.74 Å². The van der Waals surface area contributed by atoms with E-state index < -0.39 is 0 Å². The van der Waals surface area contributed by atoms with E-state index in [-0.39, 0.29) is 5.54 Å². The summed E-state index contributed by atoms with van der Waals surface area (Å²) in [4.78, 5) is 8.91. The predicted molar refractivity (Wildman–Crippen MR) is 79.3 cm³/mol. The van der Waals surface area contributed by atoms with Gasteiger partial charge in [0.2, 0.25) is 0 Å². The minimum absolute atomic E-state index is 0.107. The smallest absolute Gasteiger partial charge is 0.150 e. The van der Waals surface area contributed by atoms with E-state index >= 15 is 0 Å². The van der Waals surface area contributed by atoms with E-state index in [1.807, 2.05) is 30.3 Å². The summed E-state index contributed by atoms with van der Waals surface area (Å²) in [5, 5.41) is 3.41. The van der Waals surface area contributed by atoms with E-state index in [1.54, 1.807) is 6.20 Å². The highest BCUT2D eigenvalue weighted by Gasteiger charge is 2.30. The lowest BCUT2D eigenvalue weighted by Gasteiger charge is -2.25. The molecule has 104 valence electrons. The molecule has 0 amide bonds. The zero-order valence-electron chi connectivity index (χ0n) is 11.5. The minimum atomic E-state index is -0.107. The third kappa shape index (κ3) is 2.58. The monoisotopic (exact) mass is 270 g/mol. The largest absolute Gasteiger partial charge is 0.396 e. The number of nitrogens with two attached hydrogens (primary N) is 1. The minimum Gasteiger partial charge on any atom is -0.396 e. The highest BCUT2D eigenvalue weighted by atomic mass is 16.5. The fourth-order valence-corrected chi connectivity index (χ4v) is 2.28. The molecule has 1 aliphatic heterocycles. The standard InChI is InChI=1S/C15H18N4O/c1-15(7-9-20-10-15)19-14-11(16)5-6-13(18-14)12-4-2-3-8-17-12/h2-6,8H,7,9-10,16H2,1H3,(H,18,19). The van der Waals surface area contributed by atoms with Crippen molar-refractivity contribution in [3.8, 4) is 11.4 Å². The average molecular weight is 270 g/mol. The quantitative estimate of drug-likeness (QED) is 0.895. The number of rotatable bonds is 3. The molecule has 0 aromatic carbocycles. The molecule has 2 aromatic heterocycles. The Bertz CT molecular complexity index is 594. The maximum absolute atomic E-state index is 6.02. The molecule has 0 radical (unpaired) electrons. The van der Waals surface area contributed by atoms with Crippen molar-refractivity contribution in [1.29, 1.82) is 0 Å². The van der Waals surface area contributed by atoms with Crippen molar-refractivity contribution in [2.45, 2.75) is 18.9 Å². The molecule has 0 spiro atoms. The summed E-state index contributed by atoms with van der Waals surface area (Å²) in [6.45, 7) is 3.56. The lowest BCUT2D eigenvalue weighted by atomic mass is 10.0. The van der Waals surface area contributed by atoms with Gasteiger partial charge >= 0.3 is 0 Å². The van der Waals surface area contributed by atoms with Gasteiger partial charge in [0, 0.05) is 12.8 Å². The van der Waals surface area contributed by atoms with E-state index in [0.717, 1.165) is 24.4 Å². The second kappa shape index (κ2) is 5.09. The molecule has 3 heterocycles. The highest BCUT2D eigenvalue weighted by molar-refractivity contribution is 5.68. The topological polar surface area (TPSA) is 73.1 Å². The van der Waals surface area contributed by atoms with Gasteiger partial charge in [-0.05, 0) is 37.6 Å². The summed E-state index contributed by atoms with van der Waals surface area (Å²) in [7, 11) is 0. The number of nitrogens with zero attached hydrogens (tertiary/aromatic N) is 2. The molecule has 0 aliphatic carbocycles. The van der Waals surface area contributed by atoms with Crippen LogP contribution in [0.1, 0.15) is 13.3 Å². The normalized spacial score (nSPS) is 21.9. The number of pyridine rings is 2. The molecule has 3 rings (SSSR count). The molecule has 1 atom stereocenters. The fourth-order valence-electron chi connectivity index (χ4n) is 2.28. The molecule has 5 heteroatoms. The number of hydrogen-bond donors (Lipinski definition) is 2. The molecule has 0 bridgehead atoms. The second-order valence-corrected chi connectivity index (χ2v) is 5.34. The highest BCUT2D eigenvalue weighted by Crippen LogP contribution is 2.28. The van der Waals surface area contributed by atoms with Crippen molar-refractivity contribution in [3.63, 3.8) is 0 Å². The number of hydrogen-bond acceptors (Lipinski definition) is 5. The van der Waals surface area contributed by atoms with Crippen molar-refractivity contribution in [1.82, 2.24) is 9.97 Å². The first-order chi connectivity index (χ1) is 9.66. The third-order valence-corrected chi connectivity index (χ3v) is 3.49. The fraction of sp³-hybridized carbons (Fsp3) is 0.333. The average Bonchev–Trinajstić information content (AvgIpc) is 2.89. The van der Waals surface area contributed by atoms with Crippen LogP contribution in [-0.4, -0.2) is 28.7 Å². The predicted octanol–water partition coefficient (Wildman–Crippen LogP) is 2.32. The van der Waals surface area contributed by atoms with Gasteiger partial charge in [-0.15, -0.1) is 0 Å². The van der Waals surface area contributed by atoms with Crippen molar-refractivity contribution in [2.24, 2.45) is 0 Å². The van der Waals surface area contributed by atoms with Crippen molar-refractivity contribution in [2.75, 3.05) is 24.3 Å². The van der Waals surface area contributed by atoms with Gasteiger partial charge in [-0.25, -0.2) is 4.98 Å². The number of nitrogen functional groups attached to an aromatic ring is 1. The Hall–Kier alpha value is -2.14. The summed E-state index contributed by atoms with van der Waals surface area (Å²) in [6.07, 6.45) is 2.70. The molecule has 2 aromatic rings. The van der Waals surface area contributed by atoms with Crippen molar-refractivity contribution >= 4 is 11.5 Å². The van der Waals surface area contributed by atoms with Crippen LogP contribution in [0.5, 0.6) is 0 Å². The molecule has 1 unspecified atom stereocenters. The van der Waals surface area contributed by atoms with Crippen LogP contribution in [0, 0.1) is 0 Å². The van der Waals surface area contributed by atoms with Gasteiger partial charge in [0.25, 0.3) is 0 Å². The van der Waals surface area contributed by atoms with Crippen LogP contribution >= 0.6 is 0 Å². The van der Waals surface area contributed by atoms with Gasteiger partial charge in [-0.2, -0.15) is 0 Å². The van der Waals surface area contributed by atoms with Crippen LogP contribution < -0.4 is 11.1 Å². The van der Waals surface area contributed by atoms with E-state index in [0.29, 0.717) is 18.1 Å². The van der Waals surface area contributed by atoms with Gasteiger partial charge in [-0.1, -0.05) is 6.07 Å². The van der Waals surface area contributed by atoms with Crippen molar-refractivity contribution in [3.05, 3.63) is 36.5 Å². The Kier molecular flexibility index (Phi) is 3.28. The SMILES string of the molecule is CC1(Nc2nc(-c3ccccn3)ccc2N)CCOC1. The van der Waals surface area contributed by atoms with E-state index in [9.17, 15) is 0 Å². The summed E-state index contributed by atoms with van der Waals surface area (Å²) < 4.78 is 5.44. The summed E-state index contributed by atoms with van der Waals surface area (Å²) in [5.41, 5.74) is 8.19. The third-order valence-electron chi connectivity index (χ3n) is 3.49. The molecule has 5 nitrogen and oxygen atoms in total. The molecular formula is C15H18N4O. The lowest BCUT2D eigenvalue weighted by Crippen LogP contribution is -2.35. The number of aromatic nitrogens is 2. The van der Waals surface area contributed by atoms with E-state index in [2.05, 4.69) is 22.2 Å². The Morgan fingerprint density at radius 2 is 2.15 bits per heavy atom. The number of ether oxygens (including phenoxy) is 1. The summed E-state index contributed by atoms with van der Waals surface area (Å²) in [6, 6.07) is 9.51. The van der Waals surface area contributed by atoms with E-state index in [1.165, 1.54) is 0 Å². The molecule has 3 N–H and O–H groups in total. The number of nitrogens with one attached hydrogen (secondary N) is 1. The molecule has 1 saturated heterocycles. The van der Waals surface area contributed by atoms with Gasteiger partial charge in [-0.3, -0.25) is 4.98 Å². The second-order valence-electron chi connectivity index (χ2n) is 5.34. The summed E-state index contributed by atoms with van der Waals surface area (Å²) in [5.74, 6) is 0.696. The van der Waals surface area contributed by atoms with E-state index in [4.69, 9.17) is 10.5 Å². The zero-order valence-corrected chi connectivity index (χ0v) is 11.5. The van der Waals surface area contributed by atoms with Gasteiger partial charge in [0.15, 0.2) is 0 Å². The van der Waals surface area contributed by atoms with Crippen LogP contribution in [0.25, 0.3) is 11.4 Å². The maximum atomic E-state index is 6.02. The first-order valence-electron chi connectivity index (χ1n) is 6.70. The molecule has 20 heavy (non-hydrogen) atoms.